The lowest BCUT2D eigenvalue weighted by Gasteiger charge is -2.32. The second kappa shape index (κ2) is 11.2. The Hall–Kier alpha value is -3.88. The second-order valence-corrected chi connectivity index (χ2v) is 10.1. The molecule has 1 aliphatic heterocycles. The molecule has 1 amide bonds. The maximum absolute atomic E-state index is 12.9. The highest BCUT2D eigenvalue weighted by atomic mass is 16.6. The summed E-state index contributed by atoms with van der Waals surface area (Å²) >= 11 is 0. The minimum atomic E-state index is -0.583. The van der Waals surface area contributed by atoms with Crippen molar-refractivity contribution in [3.05, 3.63) is 65.0 Å². The molecule has 2 heterocycles. The van der Waals surface area contributed by atoms with Crippen molar-refractivity contribution in [2.24, 2.45) is 10.7 Å². The van der Waals surface area contributed by atoms with Crippen LogP contribution in [0, 0.1) is 0 Å². The fraction of sp³-hybridized carbons (Fsp3) is 0.407. The Labute approximate surface area is 212 Å². The molecule has 5 N–H and O–H groups in total. The molecule has 0 aliphatic carbocycles. The molecule has 1 fully saturated rings. The molecular formula is C27H36N6O3. The van der Waals surface area contributed by atoms with Crippen molar-refractivity contribution < 1.29 is 14.3 Å². The van der Waals surface area contributed by atoms with Gasteiger partial charge in [-0.1, -0.05) is 12.1 Å². The Morgan fingerprint density at radius 2 is 1.86 bits per heavy atom. The summed E-state index contributed by atoms with van der Waals surface area (Å²) in [6.45, 7) is 10.8. The van der Waals surface area contributed by atoms with Crippen LogP contribution in [0.5, 0.6) is 0 Å². The van der Waals surface area contributed by atoms with Gasteiger partial charge in [-0.05, 0) is 64.4 Å². The third-order valence-electron chi connectivity index (χ3n) is 5.44. The van der Waals surface area contributed by atoms with Gasteiger partial charge in [-0.25, -0.2) is 9.78 Å². The lowest BCUT2D eigenvalue weighted by molar-refractivity contribution is -0.117. The van der Waals surface area contributed by atoms with E-state index in [9.17, 15) is 9.59 Å². The summed E-state index contributed by atoms with van der Waals surface area (Å²) in [7, 11) is 0. The summed E-state index contributed by atoms with van der Waals surface area (Å²) in [4.78, 5) is 36.5. The van der Waals surface area contributed by atoms with E-state index in [0.717, 1.165) is 11.3 Å². The molecule has 1 saturated heterocycles. The molecule has 0 spiro atoms. The Morgan fingerprint density at radius 3 is 2.44 bits per heavy atom. The monoisotopic (exact) mass is 492 g/mol. The highest BCUT2D eigenvalue weighted by Gasteiger charge is 2.26. The summed E-state index contributed by atoms with van der Waals surface area (Å²) in [5.74, 6) is -0.0963. The van der Waals surface area contributed by atoms with Crippen molar-refractivity contribution in [3.63, 3.8) is 0 Å². The third-order valence-corrected chi connectivity index (χ3v) is 5.44. The molecule has 2 aromatic rings. The number of amides is 1. The zero-order valence-corrected chi connectivity index (χ0v) is 21.7. The molecule has 192 valence electrons. The molecule has 0 radical (unpaired) electrons. The molecule has 9 heteroatoms. The standard InChI is InChI=1S/C27H36N6O3/c1-17(2)32-22-12-13-33(23-11-8-19(15-30-23)26(35)36-27(3,4)5)16-21(22)24(29)25(34)31-14-18-6-9-20(28)10-7-18/h6-11,15,17H,12-14,16,28-29H2,1-5H3,(H,31,34)/b24-21-,32-22?. The minimum Gasteiger partial charge on any atom is -0.456 e. The fourth-order valence-corrected chi connectivity index (χ4v) is 3.72. The van der Waals surface area contributed by atoms with Gasteiger partial charge in [0, 0.05) is 55.3 Å². The van der Waals surface area contributed by atoms with Gasteiger partial charge in [0.25, 0.3) is 5.91 Å². The molecule has 3 rings (SSSR count). The molecule has 0 bridgehead atoms. The van der Waals surface area contributed by atoms with Crippen LogP contribution in [0.3, 0.4) is 0 Å². The van der Waals surface area contributed by atoms with E-state index in [4.69, 9.17) is 21.2 Å². The van der Waals surface area contributed by atoms with Crippen LogP contribution in [0.4, 0.5) is 11.5 Å². The largest absolute Gasteiger partial charge is 0.456 e. The summed E-state index contributed by atoms with van der Waals surface area (Å²) in [5, 5.41) is 2.88. The number of aromatic nitrogens is 1. The van der Waals surface area contributed by atoms with E-state index in [1.807, 2.05) is 51.7 Å². The summed E-state index contributed by atoms with van der Waals surface area (Å²) in [6, 6.07) is 10.8. The zero-order valence-electron chi connectivity index (χ0n) is 21.7. The number of nitrogen functional groups attached to an aromatic ring is 1. The Balaban J connectivity index is 1.78. The van der Waals surface area contributed by atoms with Crippen LogP contribution >= 0.6 is 0 Å². The Morgan fingerprint density at radius 1 is 1.17 bits per heavy atom. The number of carbonyl (C=O) groups excluding carboxylic acids is 2. The number of pyridine rings is 1. The molecule has 0 atom stereocenters. The van der Waals surface area contributed by atoms with Gasteiger partial charge < -0.3 is 26.4 Å². The summed E-state index contributed by atoms with van der Waals surface area (Å²) in [6.07, 6.45) is 2.13. The van der Waals surface area contributed by atoms with Gasteiger partial charge in [-0.15, -0.1) is 0 Å². The first-order valence-corrected chi connectivity index (χ1v) is 12.1. The van der Waals surface area contributed by atoms with Crippen molar-refractivity contribution in [2.45, 2.75) is 59.2 Å². The van der Waals surface area contributed by atoms with Crippen LogP contribution in [0.25, 0.3) is 0 Å². The molecule has 9 nitrogen and oxygen atoms in total. The fourth-order valence-electron chi connectivity index (χ4n) is 3.72. The predicted molar refractivity (Wildman–Crippen MR) is 143 cm³/mol. The van der Waals surface area contributed by atoms with E-state index in [1.165, 1.54) is 6.20 Å². The van der Waals surface area contributed by atoms with Crippen molar-refractivity contribution in [1.29, 1.82) is 0 Å². The van der Waals surface area contributed by atoms with Crippen molar-refractivity contribution in [3.8, 4) is 0 Å². The molecule has 0 unspecified atom stereocenters. The van der Waals surface area contributed by atoms with Gasteiger partial charge in [0.1, 0.15) is 17.1 Å². The van der Waals surface area contributed by atoms with E-state index >= 15 is 0 Å². The van der Waals surface area contributed by atoms with Crippen molar-refractivity contribution in [2.75, 3.05) is 23.7 Å². The number of rotatable bonds is 6. The first kappa shape index (κ1) is 26.7. The number of nitrogens with zero attached hydrogens (tertiary/aromatic N) is 3. The number of carbonyl (C=O) groups is 2. The van der Waals surface area contributed by atoms with E-state index in [2.05, 4.69) is 10.3 Å². The summed E-state index contributed by atoms with van der Waals surface area (Å²) < 4.78 is 5.41. The van der Waals surface area contributed by atoms with Crippen LogP contribution in [0.15, 0.2) is 58.9 Å². The average Bonchev–Trinajstić information content (AvgIpc) is 2.82. The quantitative estimate of drug-likeness (QED) is 0.320. The van der Waals surface area contributed by atoms with Crippen LogP contribution in [0.1, 0.15) is 57.0 Å². The maximum Gasteiger partial charge on any atom is 0.340 e. The predicted octanol–water partition coefficient (Wildman–Crippen LogP) is 3.21. The number of benzene rings is 1. The first-order chi connectivity index (χ1) is 16.9. The molecule has 36 heavy (non-hydrogen) atoms. The number of nitrogens with one attached hydrogen (secondary N) is 1. The van der Waals surface area contributed by atoms with E-state index in [-0.39, 0.29) is 17.6 Å². The van der Waals surface area contributed by atoms with E-state index in [1.54, 1.807) is 24.3 Å². The lowest BCUT2D eigenvalue weighted by atomic mass is 9.99. The number of esters is 1. The van der Waals surface area contributed by atoms with E-state index in [0.29, 0.717) is 48.7 Å². The molecular weight excluding hydrogens is 456 g/mol. The van der Waals surface area contributed by atoms with E-state index < -0.39 is 11.6 Å². The highest BCUT2D eigenvalue weighted by molar-refractivity contribution is 6.09. The van der Waals surface area contributed by atoms with Crippen molar-refractivity contribution in [1.82, 2.24) is 10.3 Å². The van der Waals surface area contributed by atoms with Gasteiger partial charge >= 0.3 is 5.97 Å². The minimum absolute atomic E-state index is 0.0680. The van der Waals surface area contributed by atoms with Crippen LogP contribution in [0.2, 0.25) is 0 Å². The number of aliphatic imine (C=N–C) groups is 1. The Kier molecular flexibility index (Phi) is 8.34. The zero-order chi connectivity index (χ0) is 26.5. The molecule has 1 aliphatic rings. The summed E-state index contributed by atoms with van der Waals surface area (Å²) in [5.41, 5.74) is 15.1. The molecule has 1 aromatic heterocycles. The number of anilines is 2. The van der Waals surface area contributed by atoms with Crippen molar-refractivity contribution >= 4 is 29.1 Å². The number of ether oxygens (including phenoxy) is 1. The van der Waals surface area contributed by atoms with Gasteiger partial charge in [0.05, 0.1) is 5.56 Å². The first-order valence-electron chi connectivity index (χ1n) is 12.1. The Bertz CT molecular complexity index is 1150. The highest BCUT2D eigenvalue weighted by Crippen LogP contribution is 2.23. The number of hydrogen-bond acceptors (Lipinski definition) is 8. The number of nitrogens with two attached hydrogens (primary N) is 2. The smallest absolute Gasteiger partial charge is 0.340 e. The topological polar surface area (TPSA) is 136 Å². The normalized spacial score (nSPS) is 16.7. The maximum atomic E-state index is 12.9. The van der Waals surface area contributed by atoms with Crippen LogP contribution in [-0.2, 0) is 16.1 Å². The van der Waals surface area contributed by atoms with Gasteiger partial charge in [0.15, 0.2) is 0 Å². The third kappa shape index (κ3) is 7.31. The average molecular weight is 493 g/mol. The molecule has 0 saturated carbocycles. The SMILES string of the molecule is CC(C)N=C1CCN(c2ccc(C(=O)OC(C)(C)C)cn2)C/C1=C(/N)C(=O)NCc1ccc(N)cc1. The molecule has 1 aromatic carbocycles. The van der Waals surface area contributed by atoms with Gasteiger partial charge in [0.2, 0.25) is 0 Å². The lowest BCUT2D eigenvalue weighted by Crippen LogP contribution is -2.40. The van der Waals surface area contributed by atoms with Gasteiger partial charge in [-0.2, -0.15) is 0 Å². The van der Waals surface area contributed by atoms with Crippen LogP contribution in [-0.4, -0.2) is 47.3 Å². The number of hydrogen-bond donors (Lipinski definition) is 3. The van der Waals surface area contributed by atoms with Gasteiger partial charge in [-0.3, -0.25) is 9.79 Å². The number of piperidine rings is 1. The van der Waals surface area contributed by atoms with Crippen LogP contribution < -0.4 is 21.7 Å². The second-order valence-electron chi connectivity index (χ2n) is 10.1.